The molecule has 7 nitrogen and oxygen atoms in total. The Morgan fingerprint density at radius 3 is 2.34 bits per heavy atom. The van der Waals surface area contributed by atoms with E-state index in [1.807, 2.05) is 30.3 Å². The number of esters is 1. The molecule has 1 amide bonds. The molecule has 1 aromatic carbocycles. The zero-order valence-electron chi connectivity index (χ0n) is 19.1. The summed E-state index contributed by atoms with van der Waals surface area (Å²) in [5, 5.41) is 11.7. The predicted molar refractivity (Wildman–Crippen MR) is 123 cm³/mol. The number of amides is 1. The molecule has 1 N–H and O–H groups in total. The van der Waals surface area contributed by atoms with Crippen molar-refractivity contribution in [2.24, 2.45) is 5.92 Å². The molecule has 168 valence electrons. The van der Waals surface area contributed by atoms with Gasteiger partial charge in [0.2, 0.25) is 0 Å². The minimum absolute atomic E-state index is 0.0388. The van der Waals surface area contributed by atoms with Gasteiger partial charge in [-0.05, 0) is 55.0 Å². The average Bonchev–Trinajstić information content (AvgIpc) is 2.79. The van der Waals surface area contributed by atoms with Crippen molar-refractivity contribution in [3.8, 4) is 6.07 Å². The van der Waals surface area contributed by atoms with Crippen LogP contribution in [0.2, 0.25) is 0 Å². The second-order valence-corrected chi connectivity index (χ2v) is 9.17. The number of rotatable bonds is 5. The van der Waals surface area contributed by atoms with Crippen LogP contribution in [-0.2, 0) is 19.7 Å². The smallest absolute Gasteiger partial charge is 0.309 e. The van der Waals surface area contributed by atoms with Gasteiger partial charge in [0.05, 0.1) is 11.5 Å². The zero-order chi connectivity index (χ0) is 23.3. The van der Waals surface area contributed by atoms with Gasteiger partial charge >= 0.3 is 5.97 Å². The van der Waals surface area contributed by atoms with Gasteiger partial charge in [-0.2, -0.15) is 5.26 Å². The molecule has 1 saturated heterocycles. The molecule has 0 radical (unpaired) electrons. The van der Waals surface area contributed by atoms with Crippen molar-refractivity contribution in [1.82, 2.24) is 4.98 Å². The van der Waals surface area contributed by atoms with E-state index in [-0.39, 0.29) is 23.2 Å². The largest absolute Gasteiger partial charge is 0.452 e. The van der Waals surface area contributed by atoms with Crippen LogP contribution >= 0.6 is 0 Å². The first kappa shape index (κ1) is 23.3. The van der Waals surface area contributed by atoms with Gasteiger partial charge in [-0.25, -0.2) is 4.98 Å². The fourth-order valence-electron chi connectivity index (χ4n) is 3.60. The number of piperidine rings is 1. The average molecular weight is 435 g/mol. The number of pyridine rings is 1. The van der Waals surface area contributed by atoms with Crippen molar-refractivity contribution in [3.63, 3.8) is 0 Å². The molecule has 3 rings (SSSR count). The van der Waals surface area contributed by atoms with Crippen LogP contribution in [0.3, 0.4) is 0 Å². The van der Waals surface area contributed by atoms with Crippen LogP contribution in [0.1, 0.15) is 51.7 Å². The second kappa shape index (κ2) is 9.82. The van der Waals surface area contributed by atoms with Crippen molar-refractivity contribution in [2.45, 2.75) is 52.1 Å². The summed E-state index contributed by atoms with van der Waals surface area (Å²) in [6.07, 6.45) is 1.93. The van der Waals surface area contributed by atoms with Crippen molar-refractivity contribution in [3.05, 3.63) is 53.7 Å². The Labute approximate surface area is 189 Å². The summed E-state index contributed by atoms with van der Waals surface area (Å²) in [6.45, 7) is 9.32. The van der Waals surface area contributed by atoms with E-state index in [0.717, 1.165) is 5.82 Å². The highest BCUT2D eigenvalue weighted by Crippen LogP contribution is 2.25. The lowest BCUT2D eigenvalue weighted by Crippen LogP contribution is -2.39. The number of carbonyl (C=O) groups excluding carboxylic acids is 2. The molecule has 32 heavy (non-hydrogen) atoms. The van der Waals surface area contributed by atoms with E-state index in [1.54, 1.807) is 19.2 Å². The van der Waals surface area contributed by atoms with Crippen molar-refractivity contribution in [1.29, 1.82) is 5.26 Å². The lowest BCUT2D eigenvalue weighted by Gasteiger charge is -2.32. The zero-order valence-corrected chi connectivity index (χ0v) is 19.1. The highest BCUT2D eigenvalue weighted by Gasteiger charge is 2.29. The number of carbonyl (C=O) groups is 2. The molecule has 1 unspecified atom stereocenters. The topological polar surface area (TPSA) is 95.3 Å². The maximum Gasteiger partial charge on any atom is 0.309 e. The van der Waals surface area contributed by atoms with E-state index in [4.69, 9.17) is 10.00 Å². The molecule has 2 heterocycles. The third kappa shape index (κ3) is 5.85. The molecule has 1 aliphatic rings. The SMILES string of the molecule is CC(OC(=O)C1CCN(c2ccc(C#N)cn2)CC1)C(=O)Nc1ccc(C(C)(C)C)cc1. The van der Waals surface area contributed by atoms with Crippen LogP contribution in [-0.4, -0.2) is 36.1 Å². The molecule has 0 bridgehead atoms. The number of nitriles is 1. The number of anilines is 2. The van der Waals surface area contributed by atoms with Gasteiger partial charge < -0.3 is 15.0 Å². The van der Waals surface area contributed by atoms with Gasteiger partial charge in [0.15, 0.2) is 6.10 Å². The summed E-state index contributed by atoms with van der Waals surface area (Å²) >= 11 is 0. The van der Waals surface area contributed by atoms with Gasteiger partial charge in [0.1, 0.15) is 11.9 Å². The van der Waals surface area contributed by atoms with E-state index in [9.17, 15) is 9.59 Å². The van der Waals surface area contributed by atoms with E-state index >= 15 is 0 Å². The maximum atomic E-state index is 12.6. The number of ether oxygens (including phenoxy) is 1. The molecule has 0 aliphatic carbocycles. The third-order valence-electron chi connectivity index (χ3n) is 5.71. The molecule has 2 aromatic rings. The Hall–Kier alpha value is -3.40. The summed E-state index contributed by atoms with van der Waals surface area (Å²) in [7, 11) is 0. The Morgan fingerprint density at radius 1 is 1.16 bits per heavy atom. The summed E-state index contributed by atoms with van der Waals surface area (Å²) in [6, 6.07) is 13.3. The Bertz CT molecular complexity index is 980. The molecule has 1 fully saturated rings. The van der Waals surface area contributed by atoms with Gasteiger partial charge in [-0.1, -0.05) is 32.9 Å². The van der Waals surface area contributed by atoms with Crippen LogP contribution < -0.4 is 10.2 Å². The summed E-state index contributed by atoms with van der Waals surface area (Å²) in [5.41, 5.74) is 2.41. The van der Waals surface area contributed by atoms with Crippen molar-refractivity contribution >= 4 is 23.4 Å². The van der Waals surface area contributed by atoms with E-state index in [0.29, 0.717) is 37.2 Å². The first-order chi connectivity index (χ1) is 15.2. The fourth-order valence-corrected chi connectivity index (χ4v) is 3.60. The van der Waals surface area contributed by atoms with E-state index in [1.165, 1.54) is 5.56 Å². The summed E-state index contributed by atoms with van der Waals surface area (Å²) < 4.78 is 5.45. The molecule has 0 spiro atoms. The van der Waals surface area contributed by atoms with Crippen LogP contribution in [0.25, 0.3) is 0 Å². The lowest BCUT2D eigenvalue weighted by atomic mass is 9.87. The minimum Gasteiger partial charge on any atom is -0.452 e. The number of hydrogen-bond acceptors (Lipinski definition) is 6. The van der Waals surface area contributed by atoms with Crippen LogP contribution in [0.5, 0.6) is 0 Å². The van der Waals surface area contributed by atoms with Crippen molar-refractivity contribution in [2.75, 3.05) is 23.3 Å². The molecule has 1 aliphatic heterocycles. The third-order valence-corrected chi connectivity index (χ3v) is 5.71. The number of nitrogens with one attached hydrogen (secondary N) is 1. The first-order valence-electron chi connectivity index (χ1n) is 10.9. The summed E-state index contributed by atoms with van der Waals surface area (Å²) in [5.74, 6) is -0.142. The normalized spacial score (nSPS) is 15.5. The molecular formula is C25H30N4O3. The Balaban J connectivity index is 1.48. The Morgan fingerprint density at radius 2 is 1.81 bits per heavy atom. The summed E-state index contributed by atoms with van der Waals surface area (Å²) in [4.78, 5) is 31.4. The maximum absolute atomic E-state index is 12.6. The highest BCUT2D eigenvalue weighted by atomic mass is 16.5. The van der Waals surface area contributed by atoms with Crippen molar-refractivity contribution < 1.29 is 14.3 Å². The Kier molecular flexibility index (Phi) is 7.14. The molecule has 0 saturated carbocycles. The predicted octanol–water partition coefficient (Wildman–Crippen LogP) is 4.04. The standard InChI is InChI=1S/C25H30N4O3/c1-17(23(30)28-21-8-6-20(7-9-21)25(2,3)4)32-24(31)19-11-13-29(14-12-19)22-10-5-18(15-26)16-27-22/h5-10,16-17,19H,11-14H2,1-4H3,(H,28,30). The number of hydrogen-bond donors (Lipinski definition) is 1. The first-order valence-corrected chi connectivity index (χ1v) is 10.9. The van der Waals surface area contributed by atoms with Gasteiger partial charge in [-0.15, -0.1) is 0 Å². The highest BCUT2D eigenvalue weighted by molar-refractivity contribution is 5.95. The van der Waals surface area contributed by atoms with Gasteiger partial charge in [0, 0.05) is 25.0 Å². The van der Waals surface area contributed by atoms with Gasteiger partial charge in [0.25, 0.3) is 5.91 Å². The monoisotopic (exact) mass is 434 g/mol. The number of nitrogens with zero attached hydrogens (tertiary/aromatic N) is 3. The number of benzene rings is 1. The van der Waals surface area contributed by atoms with E-state index < -0.39 is 6.10 Å². The van der Waals surface area contributed by atoms with Crippen LogP contribution in [0.15, 0.2) is 42.6 Å². The molecule has 1 aromatic heterocycles. The van der Waals surface area contributed by atoms with Crippen LogP contribution in [0.4, 0.5) is 11.5 Å². The van der Waals surface area contributed by atoms with E-state index in [2.05, 4.69) is 42.0 Å². The van der Waals surface area contributed by atoms with Gasteiger partial charge in [-0.3, -0.25) is 9.59 Å². The van der Waals surface area contributed by atoms with Crippen LogP contribution in [0, 0.1) is 17.2 Å². The molecular weight excluding hydrogens is 404 g/mol. The lowest BCUT2D eigenvalue weighted by molar-refractivity contribution is -0.157. The second-order valence-electron chi connectivity index (χ2n) is 9.17. The molecule has 1 atom stereocenters. The minimum atomic E-state index is -0.872. The fraction of sp³-hybridized carbons (Fsp3) is 0.440. The molecule has 7 heteroatoms. The quantitative estimate of drug-likeness (QED) is 0.714. The number of aromatic nitrogens is 1.